The van der Waals surface area contributed by atoms with Crippen LogP contribution < -0.4 is 9.46 Å². The second-order valence-corrected chi connectivity index (χ2v) is 10.3. The van der Waals surface area contributed by atoms with Crippen LogP contribution in [-0.4, -0.2) is 55.7 Å². The van der Waals surface area contributed by atoms with Crippen LogP contribution in [0.5, 0.6) is 5.75 Å². The Bertz CT molecular complexity index is 963. The first kappa shape index (κ1) is 22.7. The highest BCUT2D eigenvalue weighted by Gasteiger charge is 2.28. The molecule has 30 heavy (non-hydrogen) atoms. The zero-order valence-electron chi connectivity index (χ0n) is 17.7. The molecule has 1 aliphatic rings. The maximum atomic E-state index is 13.0. The highest BCUT2D eigenvalue weighted by atomic mass is 32.2. The topological polar surface area (TPSA) is 88.6 Å². The smallest absolute Gasteiger partial charge is 0.265 e. The van der Waals surface area contributed by atoms with E-state index >= 15 is 0 Å². The molecule has 0 unspecified atom stereocenters. The number of likely N-dealkylation sites (tertiary alicyclic amines) is 1. The van der Waals surface area contributed by atoms with Gasteiger partial charge in [0.1, 0.15) is 15.6 Å². The number of aromatic nitrogens is 1. The van der Waals surface area contributed by atoms with Gasteiger partial charge in [-0.05, 0) is 57.4 Å². The van der Waals surface area contributed by atoms with Crippen molar-refractivity contribution in [3.63, 3.8) is 0 Å². The number of ether oxygens (including phenoxy) is 1. The first-order valence-electron chi connectivity index (χ1n) is 10.3. The molecule has 1 N–H and O–H groups in total. The van der Waals surface area contributed by atoms with Gasteiger partial charge < -0.3 is 9.64 Å². The molecule has 2 heterocycles. The van der Waals surface area contributed by atoms with Gasteiger partial charge in [0.05, 0.1) is 18.1 Å². The molecule has 1 aromatic heterocycles. The summed E-state index contributed by atoms with van der Waals surface area (Å²) in [6, 6.07) is 7.60. The van der Waals surface area contributed by atoms with E-state index in [0.717, 1.165) is 22.0 Å². The van der Waals surface area contributed by atoms with E-state index in [-0.39, 0.29) is 17.7 Å². The number of amides is 1. The van der Waals surface area contributed by atoms with Gasteiger partial charge in [0, 0.05) is 24.7 Å². The third kappa shape index (κ3) is 5.59. The molecule has 3 rings (SSSR count). The van der Waals surface area contributed by atoms with E-state index < -0.39 is 10.0 Å². The molecule has 1 aliphatic heterocycles. The van der Waals surface area contributed by atoms with Crippen molar-refractivity contribution in [2.45, 2.75) is 46.1 Å². The van der Waals surface area contributed by atoms with E-state index in [9.17, 15) is 13.2 Å². The summed E-state index contributed by atoms with van der Waals surface area (Å²) in [4.78, 5) is 20.1. The zero-order valence-corrected chi connectivity index (χ0v) is 19.3. The highest BCUT2D eigenvalue weighted by molar-refractivity contribution is 7.89. The molecule has 0 atom stereocenters. The maximum absolute atomic E-state index is 13.0. The van der Waals surface area contributed by atoms with Crippen molar-refractivity contribution in [3.05, 3.63) is 34.8 Å². The molecule has 0 spiro atoms. The Morgan fingerprint density at radius 2 is 1.90 bits per heavy atom. The normalized spacial score (nSPS) is 15.4. The molecule has 7 nitrogen and oxygen atoms in total. The van der Waals surface area contributed by atoms with Gasteiger partial charge in [-0.15, -0.1) is 11.3 Å². The number of nitrogens with zero attached hydrogens (tertiary/aromatic N) is 2. The summed E-state index contributed by atoms with van der Waals surface area (Å²) < 4.78 is 32.2. The van der Waals surface area contributed by atoms with Crippen molar-refractivity contribution in [1.29, 1.82) is 0 Å². The molecular weight excluding hydrogens is 422 g/mol. The number of aryl methyl sites for hydroxylation is 1. The second kappa shape index (κ2) is 9.89. The SMILES string of the molecule is CCCS(=O)(=O)NC1CCN(C(=O)c2sc(-c3ccc(OCC)cc3)nc2C)CC1. The van der Waals surface area contributed by atoms with Gasteiger partial charge in [-0.3, -0.25) is 4.79 Å². The maximum Gasteiger partial charge on any atom is 0.265 e. The van der Waals surface area contributed by atoms with Gasteiger partial charge in [-0.1, -0.05) is 6.92 Å². The van der Waals surface area contributed by atoms with E-state index in [1.54, 1.807) is 4.90 Å². The van der Waals surface area contributed by atoms with Crippen LogP contribution in [-0.2, 0) is 10.0 Å². The molecule has 1 amide bonds. The minimum absolute atomic E-state index is 0.0305. The molecule has 1 saturated heterocycles. The Morgan fingerprint density at radius 1 is 1.23 bits per heavy atom. The minimum atomic E-state index is -3.23. The fourth-order valence-corrected chi connectivity index (χ4v) is 5.94. The van der Waals surface area contributed by atoms with E-state index in [4.69, 9.17) is 4.74 Å². The van der Waals surface area contributed by atoms with Gasteiger partial charge in [0.15, 0.2) is 0 Å². The average molecular weight is 452 g/mol. The lowest BCUT2D eigenvalue weighted by Crippen LogP contribution is -2.46. The van der Waals surface area contributed by atoms with Crippen molar-refractivity contribution in [3.8, 4) is 16.3 Å². The lowest BCUT2D eigenvalue weighted by atomic mass is 10.1. The fraction of sp³-hybridized carbons (Fsp3) is 0.524. The van der Waals surface area contributed by atoms with Crippen molar-refractivity contribution in [2.24, 2.45) is 0 Å². The Balaban J connectivity index is 1.64. The summed E-state index contributed by atoms with van der Waals surface area (Å²) in [6.07, 6.45) is 1.84. The summed E-state index contributed by atoms with van der Waals surface area (Å²) in [5, 5.41) is 0.807. The monoisotopic (exact) mass is 451 g/mol. The Labute approximate surface area is 182 Å². The van der Waals surface area contributed by atoms with E-state index in [1.165, 1.54) is 11.3 Å². The number of hydrogen-bond acceptors (Lipinski definition) is 6. The molecule has 0 radical (unpaired) electrons. The van der Waals surface area contributed by atoms with Gasteiger partial charge in [0.2, 0.25) is 10.0 Å². The number of hydrogen-bond donors (Lipinski definition) is 1. The highest BCUT2D eigenvalue weighted by Crippen LogP contribution is 2.30. The van der Waals surface area contributed by atoms with Crippen LogP contribution in [0.2, 0.25) is 0 Å². The molecule has 2 aromatic rings. The number of thiazole rings is 1. The Morgan fingerprint density at radius 3 is 2.50 bits per heavy atom. The summed E-state index contributed by atoms with van der Waals surface area (Å²) in [5.41, 5.74) is 1.68. The van der Waals surface area contributed by atoms with E-state index in [0.29, 0.717) is 43.8 Å². The first-order chi connectivity index (χ1) is 14.3. The number of sulfonamides is 1. The van der Waals surface area contributed by atoms with Gasteiger partial charge in [-0.25, -0.2) is 18.1 Å². The van der Waals surface area contributed by atoms with Crippen LogP contribution in [0.1, 0.15) is 48.5 Å². The number of piperidine rings is 1. The van der Waals surface area contributed by atoms with Crippen molar-refractivity contribution < 1.29 is 17.9 Å². The van der Waals surface area contributed by atoms with Crippen LogP contribution in [0.4, 0.5) is 0 Å². The number of benzene rings is 1. The summed E-state index contributed by atoms with van der Waals surface area (Å²) in [7, 11) is -3.23. The number of nitrogens with one attached hydrogen (secondary N) is 1. The van der Waals surface area contributed by atoms with Gasteiger partial charge >= 0.3 is 0 Å². The largest absolute Gasteiger partial charge is 0.494 e. The molecule has 0 aliphatic carbocycles. The molecule has 0 bridgehead atoms. The lowest BCUT2D eigenvalue weighted by Gasteiger charge is -2.32. The van der Waals surface area contributed by atoms with Crippen LogP contribution in [0, 0.1) is 6.92 Å². The molecule has 164 valence electrons. The van der Waals surface area contributed by atoms with E-state index in [1.807, 2.05) is 45.0 Å². The van der Waals surface area contributed by atoms with Crippen LogP contribution in [0.3, 0.4) is 0 Å². The lowest BCUT2D eigenvalue weighted by molar-refractivity contribution is 0.0715. The van der Waals surface area contributed by atoms with Crippen LogP contribution in [0.15, 0.2) is 24.3 Å². The Kier molecular flexibility index (Phi) is 7.49. The number of carbonyl (C=O) groups is 1. The summed E-state index contributed by atoms with van der Waals surface area (Å²) in [6.45, 7) is 7.33. The quantitative estimate of drug-likeness (QED) is 0.664. The molecule has 1 aromatic carbocycles. The van der Waals surface area contributed by atoms with Crippen molar-refractivity contribution in [2.75, 3.05) is 25.4 Å². The third-order valence-corrected chi connectivity index (χ3v) is 7.84. The average Bonchev–Trinajstić information content (AvgIpc) is 3.10. The molecule has 0 saturated carbocycles. The van der Waals surface area contributed by atoms with Crippen molar-refractivity contribution >= 4 is 27.3 Å². The standard InChI is InChI=1S/C21H29N3O4S2/c1-4-14-30(26,27)23-17-10-12-24(13-11-17)21(25)19-15(3)22-20(29-19)16-6-8-18(9-7-16)28-5-2/h6-9,17,23H,4-5,10-14H2,1-3H3. The van der Waals surface area contributed by atoms with Gasteiger partial charge in [0.25, 0.3) is 5.91 Å². The zero-order chi connectivity index (χ0) is 21.7. The van der Waals surface area contributed by atoms with E-state index in [2.05, 4.69) is 9.71 Å². The molecule has 1 fully saturated rings. The predicted molar refractivity (Wildman–Crippen MR) is 120 cm³/mol. The first-order valence-corrected chi connectivity index (χ1v) is 12.8. The number of rotatable bonds is 8. The minimum Gasteiger partial charge on any atom is -0.494 e. The van der Waals surface area contributed by atoms with Crippen molar-refractivity contribution in [1.82, 2.24) is 14.6 Å². The van der Waals surface area contributed by atoms with Crippen LogP contribution in [0.25, 0.3) is 10.6 Å². The third-order valence-electron chi connectivity index (χ3n) is 5.00. The second-order valence-electron chi connectivity index (χ2n) is 7.39. The molecular formula is C21H29N3O4S2. The predicted octanol–water partition coefficient (Wildman–Crippen LogP) is 3.45. The number of carbonyl (C=O) groups excluding carboxylic acids is 1. The summed E-state index contributed by atoms with van der Waals surface area (Å²) >= 11 is 1.40. The summed E-state index contributed by atoms with van der Waals surface area (Å²) in [5.74, 6) is 0.917. The van der Waals surface area contributed by atoms with Crippen LogP contribution >= 0.6 is 11.3 Å². The van der Waals surface area contributed by atoms with Gasteiger partial charge in [-0.2, -0.15) is 0 Å². The Hall–Kier alpha value is -1.97. The fourth-order valence-electron chi connectivity index (χ4n) is 3.50. The molecule has 9 heteroatoms.